The number of halogens is 2. The van der Waals surface area contributed by atoms with Crippen LogP contribution < -0.4 is 11.1 Å². The highest BCUT2D eigenvalue weighted by Crippen LogP contribution is 2.24. The maximum atomic E-state index is 13.2. The third-order valence-corrected chi connectivity index (χ3v) is 3.60. The molecular weight excluding hydrogens is 283 g/mol. The predicted octanol–water partition coefficient (Wildman–Crippen LogP) is 1.41. The molecule has 104 valence electrons. The van der Waals surface area contributed by atoms with Crippen LogP contribution in [0, 0.1) is 5.82 Å². The monoisotopic (exact) mass is 294 g/mol. The number of amides is 1. The van der Waals surface area contributed by atoms with E-state index in [1.807, 2.05) is 0 Å². The molecule has 0 atom stereocenters. The van der Waals surface area contributed by atoms with Gasteiger partial charge < -0.3 is 11.1 Å². The molecule has 3 N–H and O–H groups in total. The lowest BCUT2D eigenvalue weighted by Crippen LogP contribution is -2.26. The van der Waals surface area contributed by atoms with Crippen LogP contribution in [-0.4, -0.2) is 22.2 Å². The lowest BCUT2D eigenvalue weighted by Gasteiger charge is -2.15. The van der Waals surface area contributed by atoms with Gasteiger partial charge in [-0.2, -0.15) is 5.10 Å². The lowest BCUT2D eigenvalue weighted by molar-refractivity contribution is 0.0994. The van der Waals surface area contributed by atoms with Gasteiger partial charge in [0.15, 0.2) is 5.69 Å². The van der Waals surface area contributed by atoms with E-state index < -0.39 is 11.7 Å². The van der Waals surface area contributed by atoms with Gasteiger partial charge in [0.05, 0.1) is 16.4 Å². The minimum Gasteiger partial charge on any atom is -0.364 e. The summed E-state index contributed by atoms with van der Waals surface area (Å²) in [5, 5.41) is 7.44. The fraction of sp³-hybridized carbons (Fsp3) is 0.231. The van der Waals surface area contributed by atoms with Crippen molar-refractivity contribution in [1.82, 2.24) is 15.1 Å². The standard InChI is InChI=1S/C13H12ClFN4O/c14-9-5-7(1-2-10(9)15)19-11-3-4-17-6-8(11)12(18-19)13(16)20/h1-2,5,17H,3-4,6H2,(H2,16,20). The Morgan fingerprint density at radius 2 is 2.30 bits per heavy atom. The van der Waals surface area contributed by atoms with Gasteiger partial charge in [-0.15, -0.1) is 0 Å². The fourth-order valence-electron chi connectivity index (χ4n) is 2.38. The van der Waals surface area contributed by atoms with E-state index in [-0.39, 0.29) is 10.7 Å². The van der Waals surface area contributed by atoms with Crippen LogP contribution in [-0.2, 0) is 13.0 Å². The van der Waals surface area contributed by atoms with Crippen LogP contribution in [0.25, 0.3) is 5.69 Å². The summed E-state index contributed by atoms with van der Waals surface area (Å²) in [6.45, 7) is 1.33. The van der Waals surface area contributed by atoms with Gasteiger partial charge in [0.1, 0.15) is 5.82 Å². The van der Waals surface area contributed by atoms with E-state index in [9.17, 15) is 9.18 Å². The van der Waals surface area contributed by atoms with Crippen LogP contribution in [0.15, 0.2) is 18.2 Å². The number of rotatable bonds is 2. The Morgan fingerprint density at radius 3 is 3.00 bits per heavy atom. The van der Waals surface area contributed by atoms with Crippen molar-refractivity contribution in [3.05, 3.63) is 46.0 Å². The SMILES string of the molecule is NC(=O)c1nn(-c2ccc(F)c(Cl)c2)c2c1CNCC2. The summed E-state index contributed by atoms with van der Waals surface area (Å²) in [6.07, 6.45) is 0.713. The van der Waals surface area contributed by atoms with E-state index in [1.165, 1.54) is 12.1 Å². The molecule has 0 radical (unpaired) electrons. The predicted molar refractivity (Wildman–Crippen MR) is 72.5 cm³/mol. The maximum absolute atomic E-state index is 13.2. The summed E-state index contributed by atoms with van der Waals surface area (Å²) >= 11 is 5.80. The number of benzene rings is 1. The number of carbonyl (C=O) groups is 1. The molecule has 1 amide bonds. The zero-order valence-electron chi connectivity index (χ0n) is 10.5. The van der Waals surface area contributed by atoms with E-state index in [0.717, 1.165) is 17.8 Å². The molecule has 1 aromatic heterocycles. The Balaban J connectivity index is 2.18. The molecule has 0 bridgehead atoms. The Hall–Kier alpha value is -1.92. The average Bonchev–Trinajstić information content (AvgIpc) is 2.82. The van der Waals surface area contributed by atoms with Gasteiger partial charge in [-0.3, -0.25) is 4.79 Å². The second kappa shape index (κ2) is 4.88. The minimum atomic E-state index is -0.572. The normalized spacial score (nSPS) is 14.1. The van der Waals surface area contributed by atoms with Gasteiger partial charge in [-0.1, -0.05) is 11.6 Å². The van der Waals surface area contributed by atoms with Gasteiger partial charge in [-0.25, -0.2) is 9.07 Å². The third-order valence-electron chi connectivity index (χ3n) is 3.31. The quantitative estimate of drug-likeness (QED) is 0.879. The molecule has 5 nitrogen and oxygen atoms in total. The first kappa shape index (κ1) is 13.1. The molecule has 0 saturated heterocycles. The second-order valence-electron chi connectivity index (χ2n) is 4.58. The third kappa shape index (κ3) is 2.07. The van der Waals surface area contributed by atoms with Gasteiger partial charge in [0, 0.05) is 25.1 Å². The first-order valence-corrected chi connectivity index (χ1v) is 6.52. The summed E-state index contributed by atoms with van der Waals surface area (Å²) < 4.78 is 14.9. The number of carbonyl (C=O) groups excluding carboxylic acids is 1. The average molecular weight is 295 g/mol. The summed E-state index contributed by atoms with van der Waals surface area (Å²) in [5.74, 6) is -1.06. The lowest BCUT2D eigenvalue weighted by atomic mass is 10.1. The number of nitrogens with one attached hydrogen (secondary N) is 1. The summed E-state index contributed by atoms with van der Waals surface area (Å²) in [5.41, 5.74) is 7.91. The van der Waals surface area contributed by atoms with Crippen molar-refractivity contribution in [2.24, 2.45) is 5.73 Å². The smallest absolute Gasteiger partial charge is 0.269 e. The zero-order valence-corrected chi connectivity index (χ0v) is 11.2. The van der Waals surface area contributed by atoms with Gasteiger partial charge >= 0.3 is 0 Å². The molecule has 0 fully saturated rings. The van der Waals surface area contributed by atoms with Gasteiger partial charge in [-0.05, 0) is 18.2 Å². The van der Waals surface area contributed by atoms with E-state index in [0.29, 0.717) is 18.7 Å². The molecule has 1 aliphatic rings. The van der Waals surface area contributed by atoms with E-state index in [2.05, 4.69) is 10.4 Å². The van der Waals surface area contributed by atoms with Crippen molar-refractivity contribution in [2.45, 2.75) is 13.0 Å². The molecule has 3 rings (SSSR count). The molecule has 0 aliphatic carbocycles. The largest absolute Gasteiger partial charge is 0.364 e. The summed E-state index contributed by atoms with van der Waals surface area (Å²) in [6, 6.07) is 4.33. The van der Waals surface area contributed by atoms with Crippen molar-refractivity contribution in [2.75, 3.05) is 6.54 Å². The Kier molecular flexibility index (Phi) is 3.19. The number of primary amides is 1. The van der Waals surface area contributed by atoms with Crippen molar-refractivity contribution < 1.29 is 9.18 Å². The number of hydrogen-bond acceptors (Lipinski definition) is 3. The first-order valence-electron chi connectivity index (χ1n) is 6.14. The Labute approximate surface area is 119 Å². The van der Waals surface area contributed by atoms with E-state index in [1.54, 1.807) is 10.7 Å². The van der Waals surface area contributed by atoms with Crippen LogP contribution in [0.2, 0.25) is 5.02 Å². The fourth-order valence-corrected chi connectivity index (χ4v) is 2.55. The molecule has 7 heteroatoms. The summed E-state index contributed by atoms with van der Waals surface area (Å²) in [4.78, 5) is 11.5. The molecule has 0 unspecified atom stereocenters. The second-order valence-corrected chi connectivity index (χ2v) is 4.98. The van der Waals surface area contributed by atoms with E-state index >= 15 is 0 Å². The van der Waals surface area contributed by atoms with Crippen LogP contribution >= 0.6 is 11.6 Å². The highest BCUT2D eigenvalue weighted by Gasteiger charge is 2.24. The first-order chi connectivity index (χ1) is 9.58. The number of fused-ring (bicyclic) bond motifs is 1. The molecule has 20 heavy (non-hydrogen) atoms. The number of hydrogen-bond donors (Lipinski definition) is 2. The van der Waals surface area contributed by atoms with Crippen molar-refractivity contribution in [3.8, 4) is 5.69 Å². The Bertz CT molecular complexity index is 698. The maximum Gasteiger partial charge on any atom is 0.269 e. The van der Waals surface area contributed by atoms with Crippen molar-refractivity contribution in [3.63, 3.8) is 0 Å². The molecule has 1 aliphatic heterocycles. The molecule has 0 saturated carbocycles. The molecule has 2 heterocycles. The molecule has 2 aromatic rings. The van der Waals surface area contributed by atoms with Crippen LogP contribution in [0.5, 0.6) is 0 Å². The highest BCUT2D eigenvalue weighted by molar-refractivity contribution is 6.30. The van der Waals surface area contributed by atoms with E-state index in [4.69, 9.17) is 17.3 Å². The number of nitrogens with two attached hydrogens (primary N) is 1. The summed E-state index contributed by atoms with van der Waals surface area (Å²) in [7, 11) is 0. The zero-order chi connectivity index (χ0) is 14.3. The number of aromatic nitrogens is 2. The van der Waals surface area contributed by atoms with Crippen LogP contribution in [0.3, 0.4) is 0 Å². The molecule has 1 aromatic carbocycles. The van der Waals surface area contributed by atoms with Crippen molar-refractivity contribution >= 4 is 17.5 Å². The van der Waals surface area contributed by atoms with Crippen LogP contribution in [0.4, 0.5) is 4.39 Å². The topological polar surface area (TPSA) is 72.9 Å². The van der Waals surface area contributed by atoms with Crippen LogP contribution in [0.1, 0.15) is 21.7 Å². The van der Waals surface area contributed by atoms with Crippen molar-refractivity contribution in [1.29, 1.82) is 0 Å². The highest BCUT2D eigenvalue weighted by atomic mass is 35.5. The van der Waals surface area contributed by atoms with Gasteiger partial charge in [0.2, 0.25) is 0 Å². The Morgan fingerprint density at radius 1 is 1.50 bits per heavy atom. The minimum absolute atomic E-state index is 0.0151. The molecular formula is C13H12ClFN4O. The molecule has 0 spiro atoms. The number of nitrogens with zero attached hydrogens (tertiary/aromatic N) is 2. The van der Waals surface area contributed by atoms with Gasteiger partial charge in [0.25, 0.3) is 5.91 Å².